The molecule has 0 atom stereocenters. The van der Waals surface area contributed by atoms with Crippen molar-refractivity contribution in [1.82, 2.24) is 0 Å². The van der Waals surface area contributed by atoms with Crippen molar-refractivity contribution < 1.29 is 27.5 Å². The van der Waals surface area contributed by atoms with Gasteiger partial charge in [-0.3, -0.25) is 4.79 Å². The molecule has 0 aliphatic carbocycles. The van der Waals surface area contributed by atoms with Crippen LogP contribution in [0.4, 0.5) is 13.2 Å². The predicted octanol–water partition coefficient (Wildman–Crippen LogP) is 3.43. The molecule has 0 heterocycles. The van der Waals surface area contributed by atoms with Gasteiger partial charge in [-0.15, -0.1) is 0 Å². The number of carbonyl (C=O) groups excluding carboxylic acids is 2. The molecule has 0 aliphatic heterocycles. The summed E-state index contributed by atoms with van der Waals surface area (Å²) < 4.78 is 42.5. The maximum atomic E-state index is 12.7. The van der Waals surface area contributed by atoms with Gasteiger partial charge in [0, 0.05) is 0 Å². The minimum absolute atomic E-state index is 0.674. The van der Waals surface area contributed by atoms with Crippen LogP contribution in [0.5, 0.6) is 0 Å². The third-order valence-electron chi connectivity index (χ3n) is 2.25. The lowest BCUT2D eigenvalue weighted by molar-refractivity contribution is -0.147. The average Bonchev–Trinajstić information content (AvgIpc) is 2.26. The molecule has 0 saturated heterocycles. The first kappa shape index (κ1) is 15.2. The first-order valence-corrected chi connectivity index (χ1v) is 5.46. The van der Waals surface area contributed by atoms with Crippen LogP contribution >= 0.6 is 0 Å². The van der Waals surface area contributed by atoms with Crippen LogP contribution < -0.4 is 0 Å². The van der Waals surface area contributed by atoms with Crippen molar-refractivity contribution in [2.75, 3.05) is 0 Å². The van der Waals surface area contributed by atoms with Gasteiger partial charge in [0.25, 0.3) is 0 Å². The largest absolute Gasteiger partial charge is 0.417 e. The van der Waals surface area contributed by atoms with Crippen LogP contribution in [-0.2, 0) is 15.7 Å². The van der Waals surface area contributed by atoms with Crippen molar-refractivity contribution in [3.05, 3.63) is 35.4 Å². The highest BCUT2D eigenvalue weighted by Gasteiger charge is 2.36. The summed E-state index contributed by atoms with van der Waals surface area (Å²) in [6.45, 7) is 4.49. The van der Waals surface area contributed by atoms with Gasteiger partial charge >= 0.3 is 18.1 Å². The fourth-order valence-electron chi connectivity index (χ4n) is 1.20. The first-order valence-electron chi connectivity index (χ1n) is 5.46. The molecule has 19 heavy (non-hydrogen) atoms. The zero-order chi connectivity index (χ0) is 14.8. The minimum atomic E-state index is -4.68. The number of ether oxygens (including phenoxy) is 1. The molecule has 1 rings (SSSR count). The van der Waals surface area contributed by atoms with Crippen molar-refractivity contribution in [1.29, 1.82) is 0 Å². The van der Waals surface area contributed by atoms with Crippen molar-refractivity contribution in [2.24, 2.45) is 5.41 Å². The summed E-state index contributed by atoms with van der Waals surface area (Å²) in [4.78, 5) is 23.1. The molecule has 6 heteroatoms. The van der Waals surface area contributed by atoms with E-state index in [1.165, 1.54) is 26.8 Å². The van der Waals surface area contributed by atoms with Crippen molar-refractivity contribution >= 4 is 11.9 Å². The van der Waals surface area contributed by atoms with E-state index >= 15 is 0 Å². The molecule has 0 amide bonds. The van der Waals surface area contributed by atoms with Crippen LogP contribution in [0.1, 0.15) is 36.7 Å². The number of halogens is 3. The summed E-state index contributed by atoms with van der Waals surface area (Å²) in [5.41, 5.74) is -2.77. The second-order valence-corrected chi connectivity index (χ2v) is 4.97. The SMILES string of the molecule is CC(C)(C)C(=O)OC(=O)c1ccccc1C(F)(F)F. The van der Waals surface area contributed by atoms with Gasteiger partial charge in [-0.05, 0) is 32.9 Å². The maximum Gasteiger partial charge on any atom is 0.417 e. The molecule has 104 valence electrons. The molecule has 0 unspecified atom stereocenters. The number of carbonyl (C=O) groups is 2. The molecule has 0 aromatic heterocycles. The number of alkyl halides is 3. The Hall–Kier alpha value is -1.85. The Morgan fingerprint density at radius 3 is 2.05 bits per heavy atom. The number of esters is 2. The number of hydrogen-bond donors (Lipinski definition) is 0. The molecule has 0 saturated carbocycles. The van der Waals surface area contributed by atoms with E-state index in [0.717, 1.165) is 18.2 Å². The van der Waals surface area contributed by atoms with E-state index in [0.29, 0.717) is 0 Å². The monoisotopic (exact) mass is 274 g/mol. The molecule has 0 radical (unpaired) electrons. The third-order valence-corrected chi connectivity index (χ3v) is 2.25. The van der Waals surface area contributed by atoms with Crippen LogP contribution in [0.25, 0.3) is 0 Å². The highest BCUT2D eigenvalue weighted by Crippen LogP contribution is 2.32. The fraction of sp³-hybridized carbons (Fsp3) is 0.385. The van der Waals surface area contributed by atoms with Gasteiger partial charge in [0.15, 0.2) is 0 Å². The van der Waals surface area contributed by atoms with Gasteiger partial charge in [-0.1, -0.05) is 12.1 Å². The molecule has 1 aromatic rings. The zero-order valence-electron chi connectivity index (χ0n) is 10.7. The van der Waals surface area contributed by atoms with E-state index in [1.54, 1.807) is 0 Å². The third kappa shape index (κ3) is 3.81. The number of benzene rings is 1. The van der Waals surface area contributed by atoms with E-state index in [4.69, 9.17) is 0 Å². The lowest BCUT2D eigenvalue weighted by Gasteiger charge is -2.16. The summed E-state index contributed by atoms with van der Waals surface area (Å²) >= 11 is 0. The average molecular weight is 274 g/mol. The van der Waals surface area contributed by atoms with Gasteiger partial charge < -0.3 is 4.74 Å². The normalized spacial score (nSPS) is 12.1. The molecule has 0 N–H and O–H groups in total. The minimum Gasteiger partial charge on any atom is -0.389 e. The van der Waals surface area contributed by atoms with Gasteiger partial charge in [0.1, 0.15) is 0 Å². The van der Waals surface area contributed by atoms with Gasteiger partial charge in [-0.2, -0.15) is 13.2 Å². The standard InChI is InChI=1S/C13H13F3O3/c1-12(2,3)11(18)19-10(17)8-6-4-5-7-9(8)13(14,15)16/h4-7H,1-3H3. The van der Waals surface area contributed by atoms with E-state index in [1.807, 2.05) is 0 Å². The Labute approximate surface area is 108 Å². The quantitative estimate of drug-likeness (QED) is 0.582. The van der Waals surface area contributed by atoms with Gasteiger partial charge in [0.05, 0.1) is 16.5 Å². The topological polar surface area (TPSA) is 43.4 Å². The maximum absolute atomic E-state index is 12.7. The summed E-state index contributed by atoms with van der Waals surface area (Å²) in [6, 6.07) is 4.16. The predicted molar refractivity (Wildman–Crippen MR) is 61.3 cm³/mol. The highest BCUT2D eigenvalue weighted by atomic mass is 19.4. The van der Waals surface area contributed by atoms with Crippen LogP contribution in [0.3, 0.4) is 0 Å². The smallest absolute Gasteiger partial charge is 0.389 e. The zero-order valence-corrected chi connectivity index (χ0v) is 10.7. The molecule has 0 spiro atoms. The van der Waals surface area contributed by atoms with Crippen molar-refractivity contribution in [2.45, 2.75) is 26.9 Å². The van der Waals surface area contributed by atoms with Crippen LogP contribution in [0, 0.1) is 5.41 Å². The number of hydrogen-bond acceptors (Lipinski definition) is 3. The lowest BCUT2D eigenvalue weighted by Crippen LogP contribution is -2.27. The molecular formula is C13H13F3O3. The Bertz CT molecular complexity index is 499. The van der Waals surface area contributed by atoms with Crippen LogP contribution in [-0.4, -0.2) is 11.9 Å². The molecule has 3 nitrogen and oxygen atoms in total. The molecule has 0 aliphatic rings. The van der Waals surface area contributed by atoms with Crippen LogP contribution in [0.15, 0.2) is 24.3 Å². The summed E-state index contributed by atoms with van der Waals surface area (Å²) in [5, 5.41) is 0. The van der Waals surface area contributed by atoms with E-state index < -0.39 is 34.7 Å². The van der Waals surface area contributed by atoms with Crippen LogP contribution in [0.2, 0.25) is 0 Å². The highest BCUT2D eigenvalue weighted by molar-refractivity contribution is 5.99. The lowest BCUT2D eigenvalue weighted by atomic mass is 9.97. The molecule has 1 aromatic carbocycles. The van der Waals surface area contributed by atoms with E-state index in [9.17, 15) is 22.8 Å². The summed E-state index contributed by atoms with van der Waals surface area (Å²) in [6.07, 6.45) is -4.68. The Morgan fingerprint density at radius 2 is 1.58 bits per heavy atom. The molecule has 0 fully saturated rings. The Kier molecular flexibility index (Phi) is 4.03. The fourth-order valence-corrected chi connectivity index (χ4v) is 1.20. The summed E-state index contributed by atoms with van der Waals surface area (Å²) in [5.74, 6) is -2.18. The Morgan fingerprint density at radius 1 is 1.05 bits per heavy atom. The summed E-state index contributed by atoms with van der Waals surface area (Å²) in [7, 11) is 0. The second kappa shape index (κ2) is 5.03. The van der Waals surface area contributed by atoms with E-state index in [2.05, 4.69) is 4.74 Å². The van der Waals surface area contributed by atoms with E-state index in [-0.39, 0.29) is 0 Å². The van der Waals surface area contributed by atoms with Gasteiger partial charge in [0.2, 0.25) is 0 Å². The second-order valence-electron chi connectivity index (χ2n) is 4.97. The first-order chi connectivity index (χ1) is 8.53. The molecule has 0 bridgehead atoms. The Balaban J connectivity index is 3.05. The van der Waals surface area contributed by atoms with Crippen molar-refractivity contribution in [3.8, 4) is 0 Å². The van der Waals surface area contributed by atoms with Crippen molar-refractivity contribution in [3.63, 3.8) is 0 Å². The van der Waals surface area contributed by atoms with Gasteiger partial charge in [-0.25, -0.2) is 4.79 Å². The molecular weight excluding hydrogens is 261 g/mol. The number of rotatable bonds is 1.